The molecule has 0 fully saturated rings. The quantitative estimate of drug-likeness (QED) is 0.0198. The molecule has 96 heavy (non-hydrogen) atoms. The number of thioether (sulfide) groups is 10. The Labute approximate surface area is 623 Å². The van der Waals surface area contributed by atoms with Crippen LogP contribution in [0.2, 0.25) is 0 Å². The minimum absolute atomic E-state index is 0.176. The van der Waals surface area contributed by atoms with Crippen LogP contribution in [0.5, 0.6) is 0 Å². The third-order valence-corrected chi connectivity index (χ3v) is 18.9. The minimum Gasteiger partial charge on any atom is -0.395 e. The van der Waals surface area contributed by atoms with Crippen LogP contribution in [-0.2, 0) is 0 Å². The first-order valence-electron chi connectivity index (χ1n) is 25.0. The molecule has 0 aliphatic carbocycles. The van der Waals surface area contributed by atoms with Gasteiger partial charge in [-0.3, -0.25) is 0 Å². The zero-order valence-electron chi connectivity index (χ0n) is 54.3. The number of nitrogen functional groups attached to an aromatic ring is 3. The highest BCUT2D eigenvalue weighted by molar-refractivity contribution is 9.08. The molecule has 0 aliphatic heterocycles. The normalized spacial score (nSPS) is 8.83. The fraction of sp³-hybridized carbons (Fsp3) is 0.293. The highest BCUT2D eigenvalue weighted by Gasteiger charge is 2.23. The highest BCUT2D eigenvalue weighted by atomic mass is 79.9. The predicted molar refractivity (Wildman–Crippen MR) is 419 cm³/mol. The van der Waals surface area contributed by atoms with Gasteiger partial charge in [-0.25, -0.2) is 60.8 Å². The Balaban J connectivity index is -0.00000106. The van der Waals surface area contributed by atoms with Gasteiger partial charge in [-0.2, -0.15) is 26.3 Å². The number of pyridine rings is 5. The van der Waals surface area contributed by atoms with Crippen LogP contribution >= 0.6 is 158 Å². The van der Waals surface area contributed by atoms with E-state index in [-0.39, 0.29) is 56.4 Å². The fourth-order valence-corrected chi connectivity index (χ4v) is 13.2. The van der Waals surface area contributed by atoms with Gasteiger partial charge in [0.05, 0.1) is 83.2 Å². The topological polar surface area (TPSA) is 363 Å². The molecular weight excluding hydrogens is 1510 g/mol. The monoisotopic (exact) mass is 1570 g/mol. The van der Waals surface area contributed by atoms with Crippen molar-refractivity contribution in [1.29, 1.82) is 31.6 Å². The number of rotatable bonds is 14. The van der Waals surface area contributed by atoms with E-state index >= 15 is 0 Å². The smallest absolute Gasteiger partial charge is 0.281 e. The molecule has 10 N–H and O–H groups in total. The zero-order chi connectivity index (χ0) is 74.5. The van der Waals surface area contributed by atoms with E-state index in [1.54, 1.807) is 23.1 Å². The number of alkyl halides is 1. The Hall–Kier alpha value is -8.25. The molecule has 0 radical (unpaired) electrons. The second-order valence-corrected chi connectivity index (χ2v) is 25.4. The van der Waals surface area contributed by atoms with Gasteiger partial charge in [0.1, 0.15) is 84.2 Å². The van der Waals surface area contributed by atoms with Gasteiger partial charge in [-0.1, -0.05) is 40.4 Å². The van der Waals surface area contributed by atoms with Crippen LogP contribution in [0.4, 0.5) is 63.2 Å². The Morgan fingerprint density at radius 3 is 1.08 bits per heavy atom. The van der Waals surface area contributed by atoms with Gasteiger partial charge in [-0.15, -0.1) is 118 Å². The maximum Gasteiger partial charge on any atom is 0.281 e. The van der Waals surface area contributed by atoms with Gasteiger partial charge >= 0.3 is 0 Å². The molecule has 5 aromatic heterocycles. The SMILES string of the molecule is CBr.[C-]#[N+]C(C#N)=C(SC)SC.[C-]#[N+]CC(N)=S.[C-]#[N+]c1c(N(C)C)nc(SC)c(C#N)c1NC.[C-]#[N+]c1c(N(C)C)nc(SC)c(C#N)c1SC.[C-]#[N+]c1c(N)[nH]c(=S)c(C#N)c1SC.[C-]#[N+]c1c(N)nc(SC)c(C#N)c1SC.[C-]#[N+]c1c(N)nc(SC)c(C#N)c1SC. The van der Waals surface area contributed by atoms with Gasteiger partial charge in [0.2, 0.25) is 22.7 Å². The lowest BCUT2D eigenvalue weighted by Gasteiger charge is -2.18. The average Bonchev–Trinajstić information content (AvgIpc) is 0.834. The predicted octanol–water partition coefficient (Wildman–Crippen LogP) is 16.4. The van der Waals surface area contributed by atoms with Crippen LogP contribution in [0.3, 0.4) is 0 Å². The molecule has 0 saturated heterocycles. The van der Waals surface area contributed by atoms with Crippen molar-refractivity contribution in [3.63, 3.8) is 0 Å². The first kappa shape index (κ1) is 91.9. The lowest BCUT2D eigenvalue weighted by molar-refractivity contribution is 0.994. The summed E-state index contributed by atoms with van der Waals surface area (Å²) >= 11 is 26.0. The lowest BCUT2D eigenvalue weighted by atomic mass is 10.2. The van der Waals surface area contributed by atoms with Gasteiger partial charge in [0.15, 0.2) is 4.99 Å². The van der Waals surface area contributed by atoms with E-state index in [4.69, 9.17) is 107 Å². The summed E-state index contributed by atoms with van der Waals surface area (Å²) in [4.78, 5) is 48.6. The van der Waals surface area contributed by atoms with E-state index in [1.807, 2.05) is 102 Å². The average molecular weight is 1570 g/mol. The van der Waals surface area contributed by atoms with Crippen LogP contribution in [0, 0.1) is 119 Å². The van der Waals surface area contributed by atoms with Gasteiger partial charge < -0.3 is 47.9 Å². The number of thiocarbonyl (C=S) groups is 1. The zero-order valence-corrected chi connectivity index (χ0v) is 65.7. The van der Waals surface area contributed by atoms with Crippen LogP contribution in [0.1, 0.15) is 27.8 Å². The van der Waals surface area contributed by atoms with Gasteiger partial charge in [0, 0.05) is 54.8 Å². The largest absolute Gasteiger partial charge is 0.395 e. The molecule has 0 aliphatic rings. The van der Waals surface area contributed by atoms with Gasteiger partial charge in [-0.05, 0) is 68.4 Å². The maximum absolute atomic E-state index is 9.18. The summed E-state index contributed by atoms with van der Waals surface area (Å²) in [6.07, 6.45) is 18.4. The van der Waals surface area contributed by atoms with Crippen LogP contribution in [0.15, 0.2) is 49.6 Å². The third kappa shape index (κ3) is 26.4. The number of anilines is 6. The van der Waals surface area contributed by atoms with Crippen molar-refractivity contribution in [2.24, 2.45) is 5.73 Å². The summed E-state index contributed by atoms with van der Waals surface area (Å²) < 4.78 is 1.07. The number of nitriles is 6. The standard InChI is InChI=1S/C11H13N5S.C11H12N4S2.2C9H8N4S2.C8H6N4S2.C6H6N2S2.C3H4N2S.CH3Br/c1-13-8-7(6-12)11(17-5)15-10(16(3)4)9(8)14-2;1-13-8-9(16-4)7(6-12)11(17-5)14-10(8)15(2)3;2*1-12-6-7(14-2)5(4-10)9(15-3)13-8(6)11;1-11-5-6(14-2)4(3-9)8(13)12-7(5)10;1-8-5(4-7)6(9-2)10-3;1-5-2-3(4)6;1-2/h1,3-5H3,(H,13,15);2-5H3;2*2-3H3,(H2,11,13);2H3,(H3,10,12,13);2-3H3;2H2,(H2,4,6);1H3. The first-order chi connectivity index (χ1) is 45.8. The molecule has 25 nitrogen and oxygen atoms in total. The molecule has 496 valence electrons. The molecule has 38 heteroatoms. The molecule has 0 aromatic carbocycles. The Kier molecular flexibility index (Phi) is 48.9. The molecule has 0 amide bonds. The number of hydrogen-bond donors (Lipinski definition) is 6. The molecule has 0 spiro atoms. The molecule has 0 unspecified atom stereocenters. The number of hydrogen-bond acceptors (Lipinski definition) is 28. The molecule has 5 rings (SSSR count). The van der Waals surface area contributed by atoms with Crippen LogP contribution in [-0.4, -0.2) is 140 Å². The van der Waals surface area contributed by atoms with Crippen LogP contribution < -0.4 is 38.1 Å². The number of H-pyrrole nitrogens is 1. The Morgan fingerprint density at radius 1 is 0.521 bits per heavy atom. The molecule has 5 aromatic rings. The van der Waals surface area contributed by atoms with Crippen LogP contribution in [0.25, 0.3) is 33.9 Å². The van der Waals surface area contributed by atoms with E-state index in [2.05, 4.69) is 117 Å². The molecule has 0 bridgehead atoms. The number of nitrogens with one attached hydrogen (secondary N) is 2. The van der Waals surface area contributed by atoms with Gasteiger partial charge in [0.25, 0.3) is 17.9 Å². The minimum atomic E-state index is 0.176. The number of allylic oxidation sites excluding steroid dienone is 1. The maximum atomic E-state index is 9.18. The number of aromatic amines is 1. The summed E-state index contributed by atoms with van der Waals surface area (Å²) in [5.41, 5.74) is 26.3. The number of nitrogens with zero attached hydrogens (tertiary/aromatic N) is 19. The summed E-state index contributed by atoms with van der Waals surface area (Å²) in [6.45, 7) is 48.4. The third-order valence-electron chi connectivity index (χ3n) is 10.4. The van der Waals surface area contributed by atoms with Crippen molar-refractivity contribution in [2.45, 2.75) is 39.7 Å². The van der Waals surface area contributed by atoms with E-state index < -0.39 is 0 Å². The first-order valence-corrected chi connectivity index (χ1v) is 39.7. The fourth-order valence-electron chi connectivity index (χ4n) is 6.51. The number of halogens is 1. The van der Waals surface area contributed by atoms with Crippen molar-refractivity contribution in [1.82, 2.24) is 24.9 Å². The van der Waals surface area contributed by atoms with E-state index in [0.29, 0.717) is 96.2 Å². The van der Waals surface area contributed by atoms with Crippen molar-refractivity contribution in [3.8, 4) is 36.4 Å². The lowest BCUT2D eigenvalue weighted by Crippen LogP contribution is -2.13. The molecule has 0 atom stereocenters. The Bertz CT molecular complexity index is 4050. The van der Waals surface area contributed by atoms with E-state index in [9.17, 15) is 5.26 Å². The van der Waals surface area contributed by atoms with E-state index in [0.717, 1.165) is 4.24 Å². The second kappa shape index (κ2) is 51.1. The second-order valence-electron chi connectivity index (χ2n) is 16.1. The van der Waals surface area contributed by atoms with Crippen molar-refractivity contribution in [3.05, 3.63) is 122 Å². The summed E-state index contributed by atoms with van der Waals surface area (Å²) in [5, 5.41) is 59.0. The number of aromatic nitrogens is 5. The highest BCUT2D eigenvalue weighted by Crippen LogP contribution is 2.44. The van der Waals surface area contributed by atoms with Crippen molar-refractivity contribution < 1.29 is 0 Å². The van der Waals surface area contributed by atoms with E-state index in [1.165, 1.54) is 118 Å². The molecular formula is C58H60BrN25S12. The summed E-state index contributed by atoms with van der Waals surface area (Å²) in [7, 11) is 9.04. The Morgan fingerprint density at radius 2 is 0.844 bits per heavy atom. The molecule has 5 heterocycles. The van der Waals surface area contributed by atoms with Crippen molar-refractivity contribution in [2.75, 3.05) is 142 Å². The molecule has 0 saturated carbocycles. The summed E-state index contributed by atoms with van der Waals surface area (Å²) in [6, 6.07) is 12.2. The summed E-state index contributed by atoms with van der Waals surface area (Å²) in [5.74, 6) is 3.61. The number of nitrogens with two attached hydrogens (primary N) is 4. The van der Waals surface area contributed by atoms with Crippen molar-refractivity contribution >= 4 is 226 Å².